The first-order valence-electron chi connectivity index (χ1n) is 8.10. The summed E-state index contributed by atoms with van der Waals surface area (Å²) < 4.78 is 17.1. The summed E-state index contributed by atoms with van der Waals surface area (Å²) in [6.45, 7) is 13.1. The molecule has 1 fully saturated rings. The summed E-state index contributed by atoms with van der Waals surface area (Å²) in [4.78, 5) is 16.0. The first kappa shape index (κ1) is 19.2. The Hall–Kier alpha value is -2.11. The van der Waals surface area contributed by atoms with Gasteiger partial charge in [-0.1, -0.05) is 0 Å². The number of aromatic nitrogens is 1. The first-order chi connectivity index (χ1) is 11.3. The molecule has 2 heterocycles. The molecule has 0 aromatic carbocycles. The van der Waals surface area contributed by atoms with Crippen LogP contribution in [-0.4, -0.2) is 35.0 Å². The first-order valence-corrected chi connectivity index (χ1v) is 8.10. The second-order valence-electron chi connectivity index (χ2n) is 7.99. The highest BCUT2D eigenvalue weighted by atomic mass is 16.7. The highest BCUT2D eigenvalue weighted by Gasteiger charge is 2.51. The van der Waals surface area contributed by atoms with Gasteiger partial charge in [0.05, 0.1) is 16.8 Å². The maximum atomic E-state index is 11.9. The number of nitrogens with zero attached hydrogens (tertiary/aromatic N) is 2. The lowest BCUT2D eigenvalue weighted by Gasteiger charge is -2.32. The number of rotatable bonds is 2. The molecule has 1 aromatic heterocycles. The Kier molecular flexibility index (Phi) is 4.86. The van der Waals surface area contributed by atoms with Crippen LogP contribution >= 0.6 is 0 Å². The molecule has 1 saturated heterocycles. The number of ether oxygens (including phenoxy) is 1. The molecule has 1 aliphatic heterocycles. The van der Waals surface area contributed by atoms with E-state index in [1.165, 1.54) is 6.20 Å². The monoisotopic (exact) mass is 345 g/mol. The Morgan fingerprint density at radius 2 is 1.84 bits per heavy atom. The lowest BCUT2D eigenvalue weighted by molar-refractivity contribution is 0.00578. The van der Waals surface area contributed by atoms with Crippen LogP contribution in [0.2, 0.25) is 0 Å². The van der Waals surface area contributed by atoms with Crippen LogP contribution in [0.1, 0.15) is 54.0 Å². The predicted molar refractivity (Wildman–Crippen MR) is 94.5 cm³/mol. The molecule has 0 bridgehead atoms. The summed E-state index contributed by atoms with van der Waals surface area (Å²) in [5.74, 6) is 0.136. The van der Waals surface area contributed by atoms with Crippen LogP contribution in [0.5, 0.6) is 0 Å². The fourth-order valence-electron chi connectivity index (χ4n) is 2.17. The zero-order chi connectivity index (χ0) is 19.0. The van der Waals surface area contributed by atoms with E-state index >= 15 is 0 Å². The summed E-state index contributed by atoms with van der Waals surface area (Å²) in [6.07, 6.45) is 0.857. The average molecular weight is 345 g/mol. The molecule has 0 spiro atoms. The molecular weight excluding hydrogens is 321 g/mol. The standard InChI is InChI=1S/C17H24BN3O4/c1-15(2,3)23-14(22)21-13-11(9-19)8-12(10-20-13)18-24-16(4,5)17(6,7)25-18/h8,10H,1-7H3,(H,20,21,22). The zero-order valence-electron chi connectivity index (χ0n) is 15.8. The molecule has 1 aliphatic rings. The van der Waals surface area contributed by atoms with Crippen molar-refractivity contribution in [3.63, 3.8) is 0 Å². The lowest BCUT2D eigenvalue weighted by atomic mass is 9.79. The van der Waals surface area contributed by atoms with Gasteiger partial charge in [-0.3, -0.25) is 5.32 Å². The highest BCUT2D eigenvalue weighted by Crippen LogP contribution is 2.36. The number of carbonyl (C=O) groups excluding carboxylic acids is 1. The Labute approximate surface area is 148 Å². The number of hydrogen-bond donors (Lipinski definition) is 1. The SMILES string of the molecule is CC(C)(C)OC(=O)Nc1ncc(B2OC(C)(C)C(C)(C)O2)cc1C#N. The van der Waals surface area contributed by atoms with Crippen LogP contribution in [0.4, 0.5) is 10.6 Å². The molecule has 25 heavy (non-hydrogen) atoms. The second kappa shape index (κ2) is 6.32. The number of nitrogens with one attached hydrogen (secondary N) is 1. The summed E-state index contributed by atoms with van der Waals surface area (Å²) in [7, 11) is -0.625. The van der Waals surface area contributed by atoms with Crippen LogP contribution in [-0.2, 0) is 14.0 Å². The molecule has 1 N–H and O–H groups in total. The third-order valence-corrected chi connectivity index (χ3v) is 4.17. The summed E-state index contributed by atoms with van der Waals surface area (Å²) in [5, 5.41) is 11.9. The van der Waals surface area contributed by atoms with Gasteiger partial charge in [0, 0.05) is 11.7 Å². The van der Waals surface area contributed by atoms with Gasteiger partial charge >= 0.3 is 13.2 Å². The van der Waals surface area contributed by atoms with E-state index in [2.05, 4.69) is 10.3 Å². The molecule has 7 nitrogen and oxygen atoms in total. The van der Waals surface area contributed by atoms with Crippen molar-refractivity contribution in [2.24, 2.45) is 0 Å². The maximum absolute atomic E-state index is 11.9. The minimum absolute atomic E-state index is 0.136. The summed E-state index contributed by atoms with van der Waals surface area (Å²) in [6, 6.07) is 3.62. The van der Waals surface area contributed by atoms with Gasteiger partial charge in [-0.05, 0) is 54.5 Å². The Bertz CT molecular complexity index is 704. The smallest absolute Gasteiger partial charge is 0.444 e. The average Bonchev–Trinajstić information content (AvgIpc) is 2.65. The minimum atomic E-state index is -0.667. The van der Waals surface area contributed by atoms with Gasteiger partial charge < -0.3 is 14.0 Å². The molecule has 1 aromatic rings. The summed E-state index contributed by atoms with van der Waals surface area (Å²) in [5.41, 5.74) is -0.794. The predicted octanol–water partition coefficient (Wildman–Crippen LogP) is 2.60. The van der Waals surface area contributed by atoms with Crippen LogP contribution in [0.3, 0.4) is 0 Å². The Balaban J connectivity index is 2.21. The van der Waals surface area contributed by atoms with Crippen molar-refractivity contribution in [3.8, 4) is 6.07 Å². The number of pyridine rings is 1. The molecule has 0 unspecified atom stereocenters. The van der Waals surface area contributed by atoms with Gasteiger partial charge in [0.2, 0.25) is 0 Å². The van der Waals surface area contributed by atoms with E-state index in [-0.39, 0.29) is 11.4 Å². The topological polar surface area (TPSA) is 93.5 Å². The quantitative estimate of drug-likeness (QED) is 0.828. The van der Waals surface area contributed by atoms with E-state index < -0.39 is 30.0 Å². The van der Waals surface area contributed by atoms with Gasteiger partial charge in [-0.2, -0.15) is 5.26 Å². The van der Waals surface area contributed by atoms with Gasteiger partial charge in [-0.25, -0.2) is 9.78 Å². The summed E-state index contributed by atoms with van der Waals surface area (Å²) >= 11 is 0. The van der Waals surface area contributed by atoms with Crippen molar-refractivity contribution in [1.82, 2.24) is 4.98 Å². The van der Waals surface area contributed by atoms with E-state index in [1.807, 2.05) is 33.8 Å². The molecule has 0 radical (unpaired) electrons. The van der Waals surface area contributed by atoms with Crippen LogP contribution in [0.25, 0.3) is 0 Å². The van der Waals surface area contributed by atoms with Crippen molar-refractivity contribution in [1.29, 1.82) is 5.26 Å². The Morgan fingerprint density at radius 3 is 2.32 bits per heavy atom. The van der Waals surface area contributed by atoms with Crippen molar-refractivity contribution in [2.45, 2.75) is 65.3 Å². The molecular formula is C17H24BN3O4. The lowest BCUT2D eigenvalue weighted by Crippen LogP contribution is -2.41. The highest BCUT2D eigenvalue weighted by molar-refractivity contribution is 6.62. The molecule has 1 amide bonds. The van der Waals surface area contributed by atoms with Gasteiger partial charge in [0.1, 0.15) is 11.7 Å². The fourth-order valence-corrected chi connectivity index (χ4v) is 2.17. The van der Waals surface area contributed by atoms with E-state index in [0.29, 0.717) is 5.46 Å². The van der Waals surface area contributed by atoms with Crippen molar-refractivity contribution >= 4 is 24.5 Å². The number of hydrogen-bond acceptors (Lipinski definition) is 6. The second-order valence-corrected chi connectivity index (χ2v) is 7.99. The number of carbonyl (C=O) groups is 1. The fraction of sp³-hybridized carbons (Fsp3) is 0.588. The van der Waals surface area contributed by atoms with Gasteiger partial charge in [0.15, 0.2) is 5.82 Å². The van der Waals surface area contributed by atoms with Crippen molar-refractivity contribution < 1.29 is 18.8 Å². The third kappa shape index (κ3) is 4.30. The number of nitriles is 1. The zero-order valence-corrected chi connectivity index (χ0v) is 15.8. The molecule has 8 heteroatoms. The van der Waals surface area contributed by atoms with E-state index in [0.717, 1.165) is 0 Å². The largest absolute Gasteiger partial charge is 0.496 e. The van der Waals surface area contributed by atoms with Crippen LogP contribution in [0.15, 0.2) is 12.3 Å². The minimum Gasteiger partial charge on any atom is -0.444 e. The number of anilines is 1. The molecule has 0 atom stereocenters. The van der Waals surface area contributed by atoms with Crippen molar-refractivity contribution in [2.75, 3.05) is 5.32 Å². The maximum Gasteiger partial charge on any atom is 0.496 e. The molecule has 0 aliphatic carbocycles. The van der Waals surface area contributed by atoms with Gasteiger partial charge in [0.25, 0.3) is 0 Å². The van der Waals surface area contributed by atoms with E-state index in [4.69, 9.17) is 14.0 Å². The van der Waals surface area contributed by atoms with Crippen LogP contribution < -0.4 is 10.8 Å². The molecule has 0 saturated carbocycles. The number of amides is 1. The van der Waals surface area contributed by atoms with E-state index in [9.17, 15) is 10.1 Å². The Morgan fingerprint density at radius 1 is 1.28 bits per heavy atom. The van der Waals surface area contributed by atoms with Crippen molar-refractivity contribution in [3.05, 3.63) is 17.8 Å². The van der Waals surface area contributed by atoms with Gasteiger partial charge in [-0.15, -0.1) is 0 Å². The molecule has 134 valence electrons. The normalized spacial score (nSPS) is 18.6. The molecule has 2 rings (SSSR count). The van der Waals surface area contributed by atoms with Crippen LogP contribution in [0, 0.1) is 11.3 Å². The third-order valence-electron chi connectivity index (χ3n) is 4.17. The van der Waals surface area contributed by atoms with E-state index in [1.54, 1.807) is 26.8 Å².